The van der Waals surface area contributed by atoms with Crippen molar-refractivity contribution < 1.29 is 38.4 Å². The van der Waals surface area contributed by atoms with Gasteiger partial charge in [0.05, 0.1) is 36.2 Å². The number of hydrogen-bond donors (Lipinski definition) is 1. The van der Waals surface area contributed by atoms with Crippen molar-refractivity contribution in [2.45, 2.75) is 63.9 Å². The normalized spacial score (nSPS) is 40.7. The second-order valence-electron chi connectivity index (χ2n) is 9.79. The van der Waals surface area contributed by atoms with Gasteiger partial charge >= 0.3 is 17.9 Å². The molecule has 2 saturated carbocycles. The average molecular weight is 434 g/mol. The third kappa shape index (κ3) is 3.40. The number of aliphatic hydroxyl groups is 1. The van der Waals surface area contributed by atoms with Crippen LogP contribution in [0.1, 0.15) is 40.0 Å². The molecule has 31 heavy (non-hydrogen) atoms. The lowest BCUT2D eigenvalue weighted by atomic mass is 9.51. The summed E-state index contributed by atoms with van der Waals surface area (Å²) in [5.41, 5.74) is -0.849. The highest BCUT2D eigenvalue weighted by molar-refractivity contribution is 5.91. The van der Waals surface area contributed by atoms with Gasteiger partial charge in [0.15, 0.2) is 0 Å². The van der Waals surface area contributed by atoms with Crippen LogP contribution in [0.2, 0.25) is 0 Å². The van der Waals surface area contributed by atoms with Crippen LogP contribution in [0, 0.1) is 23.2 Å². The molecule has 2 saturated heterocycles. The van der Waals surface area contributed by atoms with Gasteiger partial charge in [-0.05, 0) is 19.3 Å². The molecule has 2 aliphatic heterocycles. The number of carbonyl (C=O) groups is 3. The number of esters is 3. The standard InChI is InChI=1S/C23H30O8/c1-11(2)19(25)29-14-8-22(5)15(30-20(26)12(3)9-24)6-7-23(10-28-23)18(22)17-16(14)13(4)21(27)31-17/h11,14-18,24H,3-4,6-10H2,1-2,5H3/t14-,15-,16+,17-,18+,22-,23+/m0/s1. The first-order chi connectivity index (χ1) is 14.5. The highest BCUT2D eigenvalue weighted by Gasteiger charge is 2.72. The largest absolute Gasteiger partial charge is 0.461 e. The third-order valence-corrected chi connectivity index (χ3v) is 7.46. The fourth-order valence-electron chi connectivity index (χ4n) is 5.76. The number of aliphatic hydroxyl groups excluding tert-OH is 1. The Hall–Kier alpha value is -2.19. The number of epoxide rings is 1. The first-order valence-corrected chi connectivity index (χ1v) is 10.8. The van der Waals surface area contributed by atoms with Crippen LogP contribution >= 0.6 is 0 Å². The Morgan fingerprint density at radius 1 is 1.32 bits per heavy atom. The van der Waals surface area contributed by atoms with E-state index in [1.807, 2.05) is 6.92 Å². The van der Waals surface area contributed by atoms with Gasteiger partial charge in [0, 0.05) is 16.9 Å². The first-order valence-electron chi connectivity index (χ1n) is 10.8. The summed E-state index contributed by atoms with van der Waals surface area (Å²) in [6.07, 6.45) is -0.154. The van der Waals surface area contributed by atoms with Gasteiger partial charge in [0.2, 0.25) is 0 Å². The van der Waals surface area contributed by atoms with E-state index < -0.39 is 53.8 Å². The van der Waals surface area contributed by atoms with Crippen molar-refractivity contribution in [3.05, 3.63) is 24.3 Å². The number of fused-ring (bicyclic) bond motifs is 4. The Labute approximate surface area is 181 Å². The summed E-state index contributed by atoms with van der Waals surface area (Å²) in [4.78, 5) is 37.3. The summed E-state index contributed by atoms with van der Waals surface area (Å²) in [6, 6.07) is 0. The minimum atomic E-state index is -0.672. The molecule has 8 nitrogen and oxygen atoms in total. The van der Waals surface area contributed by atoms with E-state index in [1.54, 1.807) is 13.8 Å². The molecule has 0 amide bonds. The lowest BCUT2D eigenvalue weighted by Crippen LogP contribution is -2.63. The quantitative estimate of drug-likeness (QED) is 0.301. The van der Waals surface area contributed by atoms with Crippen LogP contribution in [0.25, 0.3) is 0 Å². The molecule has 1 spiro atoms. The van der Waals surface area contributed by atoms with Gasteiger partial charge in [-0.2, -0.15) is 0 Å². The molecule has 2 heterocycles. The molecule has 4 fully saturated rings. The lowest BCUT2D eigenvalue weighted by molar-refractivity contribution is -0.210. The van der Waals surface area contributed by atoms with E-state index in [9.17, 15) is 19.5 Å². The number of hydrogen-bond acceptors (Lipinski definition) is 8. The van der Waals surface area contributed by atoms with Gasteiger partial charge in [0.1, 0.15) is 18.3 Å². The molecule has 1 N–H and O–H groups in total. The van der Waals surface area contributed by atoms with E-state index in [1.165, 1.54) is 0 Å². The second-order valence-corrected chi connectivity index (χ2v) is 9.79. The van der Waals surface area contributed by atoms with Crippen molar-refractivity contribution in [1.29, 1.82) is 0 Å². The molecule has 0 aromatic carbocycles. The number of ether oxygens (including phenoxy) is 4. The molecule has 4 aliphatic rings. The monoisotopic (exact) mass is 434 g/mol. The van der Waals surface area contributed by atoms with E-state index in [4.69, 9.17) is 18.9 Å². The van der Waals surface area contributed by atoms with Gasteiger partial charge in [-0.1, -0.05) is 33.9 Å². The zero-order valence-corrected chi connectivity index (χ0v) is 18.2. The van der Waals surface area contributed by atoms with Crippen LogP contribution in [0.4, 0.5) is 0 Å². The van der Waals surface area contributed by atoms with Crippen LogP contribution < -0.4 is 0 Å². The Balaban J connectivity index is 1.71. The Morgan fingerprint density at radius 3 is 2.58 bits per heavy atom. The van der Waals surface area contributed by atoms with E-state index in [0.717, 1.165) is 0 Å². The second kappa shape index (κ2) is 7.45. The third-order valence-electron chi connectivity index (χ3n) is 7.46. The van der Waals surface area contributed by atoms with Crippen molar-refractivity contribution in [3.63, 3.8) is 0 Å². The van der Waals surface area contributed by atoms with Crippen LogP contribution in [-0.2, 0) is 33.3 Å². The van der Waals surface area contributed by atoms with Crippen molar-refractivity contribution in [2.24, 2.45) is 23.2 Å². The Bertz CT molecular complexity index is 841. The fourth-order valence-corrected chi connectivity index (χ4v) is 5.76. The lowest BCUT2D eigenvalue weighted by Gasteiger charge is -2.56. The molecule has 4 rings (SSSR count). The van der Waals surface area contributed by atoms with Gasteiger partial charge in [-0.3, -0.25) is 4.79 Å². The van der Waals surface area contributed by atoms with Gasteiger partial charge in [0.25, 0.3) is 0 Å². The molecule has 170 valence electrons. The van der Waals surface area contributed by atoms with E-state index in [-0.39, 0.29) is 23.4 Å². The minimum absolute atomic E-state index is 0.0275. The smallest absolute Gasteiger partial charge is 0.336 e. The van der Waals surface area contributed by atoms with Crippen LogP contribution in [0.3, 0.4) is 0 Å². The summed E-state index contributed by atoms with van der Waals surface area (Å²) in [6.45, 7) is 13.0. The van der Waals surface area contributed by atoms with Gasteiger partial charge in [-0.25, -0.2) is 9.59 Å². The fraction of sp³-hybridized carbons (Fsp3) is 0.696. The molecular formula is C23H30O8. The molecular weight excluding hydrogens is 404 g/mol. The average Bonchev–Trinajstić information content (AvgIpc) is 3.41. The predicted molar refractivity (Wildman–Crippen MR) is 107 cm³/mol. The maximum Gasteiger partial charge on any atom is 0.336 e. The number of rotatable bonds is 5. The van der Waals surface area contributed by atoms with Gasteiger partial charge in [-0.15, -0.1) is 0 Å². The molecule has 8 heteroatoms. The molecule has 0 bridgehead atoms. The van der Waals surface area contributed by atoms with Crippen molar-refractivity contribution in [3.8, 4) is 0 Å². The molecule has 0 radical (unpaired) electrons. The van der Waals surface area contributed by atoms with Crippen molar-refractivity contribution in [2.75, 3.05) is 13.2 Å². The summed E-state index contributed by atoms with van der Waals surface area (Å²) < 4.78 is 23.3. The highest BCUT2D eigenvalue weighted by atomic mass is 16.6. The van der Waals surface area contributed by atoms with E-state index in [2.05, 4.69) is 13.2 Å². The van der Waals surface area contributed by atoms with Crippen LogP contribution in [-0.4, -0.2) is 60.1 Å². The van der Waals surface area contributed by atoms with Crippen molar-refractivity contribution >= 4 is 17.9 Å². The zero-order chi connectivity index (χ0) is 22.7. The summed E-state index contributed by atoms with van der Waals surface area (Å²) in [5.74, 6) is -2.55. The Morgan fingerprint density at radius 2 is 2.00 bits per heavy atom. The zero-order valence-electron chi connectivity index (χ0n) is 18.2. The van der Waals surface area contributed by atoms with Gasteiger partial charge < -0.3 is 24.1 Å². The molecule has 0 aromatic rings. The van der Waals surface area contributed by atoms with Crippen molar-refractivity contribution in [1.82, 2.24) is 0 Å². The molecule has 2 aliphatic carbocycles. The molecule has 0 aromatic heterocycles. The molecule has 0 unspecified atom stereocenters. The predicted octanol–water partition coefficient (Wildman–Crippen LogP) is 1.70. The Kier molecular flexibility index (Phi) is 5.29. The number of carbonyl (C=O) groups excluding carboxylic acids is 3. The first kappa shape index (κ1) is 22.0. The summed E-state index contributed by atoms with van der Waals surface area (Å²) >= 11 is 0. The maximum absolute atomic E-state index is 12.5. The molecule has 7 atom stereocenters. The summed E-state index contributed by atoms with van der Waals surface area (Å²) in [5, 5.41) is 9.25. The van der Waals surface area contributed by atoms with E-state index in [0.29, 0.717) is 31.4 Å². The summed E-state index contributed by atoms with van der Waals surface area (Å²) in [7, 11) is 0. The van der Waals surface area contributed by atoms with E-state index >= 15 is 0 Å². The highest BCUT2D eigenvalue weighted by Crippen LogP contribution is 2.64. The SMILES string of the molecule is C=C(CO)C(=O)O[C@H]1CC[C@@]2(CO2)[C@@H]2[C@H]3OC(=O)C(=C)[C@@H]3[C@@H](OC(=O)C(C)C)C[C@@]12C. The topological polar surface area (TPSA) is 112 Å². The maximum atomic E-state index is 12.5. The van der Waals surface area contributed by atoms with Crippen LogP contribution in [0.5, 0.6) is 0 Å². The van der Waals surface area contributed by atoms with Crippen LogP contribution in [0.15, 0.2) is 24.3 Å². The minimum Gasteiger partial charge on any atom is -0.461 e.